The van der Waals surface area contributed by atoms with E-state index < -0.39 is 0 Å². The van der Waals surface area contributed by atoms with Crippen molar-refractivity contribution in [3.63, 3.8) is 0 Å². The van der Waals surface area contributed by atoms with Crippen molar-refractivity contribution in [2.24, 2.45) is 0 Å². The van der Waals surface area contributed by atoms with Crippen LogP contribution in [0.2, 0.25) is 0 Å². The normalized spacial score (nSPS) is 12.1. The zero-order chi connectivity index (χ0) is 45.2. The molecule has 0 aliphatic rings. The van der Waals surface area contributed by atoms with Crippen LogP contribution < -0.4 is 0 Å². The van der Waals surface area contributed by atoms with Crippen LogP contribution in [-0.2, 0) is 0 Å². The molecule has 15 aromatic rings. The minimum absolute atomic E-state index is 0.620. The van der Waals surface area contributed by atoms with Gasteiger partial charge in [-0.2, -0.15) is 0 Å². The van der Waals surface area contributed by atoms with Gasteiger partial charge in [-0.3, -0.25) is 0 Å². The molecule has 69 heavy (non-hydrogen) atoms. The summed E-state index contributed by atoms with van der Waals surface area (Å²) in [5.74, 6) is 1.89. The van der Waals surface area contributed by atoms with Gasteiger partial charge in [0.25, 0.3) is 0 Å². The van der Waals surface area contributed by atoms with E-state index in [4.69, 9.17) is 15.0 Å². The van der Waals surface area contributed by atoms with Crippen molar-refractivity contribution in [2.75, 3.05) is 0 Å². The molecule has 0 saturated carbocycles. The quantitative estimate of drug-likeness (QED) is 0.162. The summed E-state index contributed by atoms with van der Waals surface area (Å²) < 4.78 is 7.58. The summed E-state index contributed by atoms with van der Waals surface area (Å²) in [6, 6.07) is 79.4. The molecule has 0 saturated heterocycles. The zero-order valence-corrected chi connectivity index (χ0v) is 38.5. The Labute approximate surface area is 403 Å². The van der Waals surface area contributed by atoms with Crippen LogP contribution in [0.5, 0.6) is 0 Å². The van der Waals surface area contributed by atoms with E-state index in [1.54, 1.807) is 11.3 Å². The predicted octanol–water partition coefficient (Wildman–Crippen LogP) is 17.8. The third kappa shape index (κ3) is 5.96. The van der Waals surface area contributed by atoms with Gasteiger partial charge in [0, 0.05) is 73.2 Å². The molecule has 4 aromatic heterocycles. The van der Waals surface area contributed by atoms with E-state index in [2.05, 4.69) is 205 Å². The maximum Gasteiger partial charge on any atom is 0.164 e. The van der Waals surface area contributed by atoms with Gasteiger partial charge in [-0.25, -0.2) is 15.0 Å². The maximum absolute atomic E-state index is 5.41. The number of para-hydroxylation sites is 1. The fourth-order valence-electron chi connectivity index (χ4n) is 10.8. The second kappa shape index (κ2) is 15.0. The molecule has 6 heteroatoms. The third-order valence-corrected chi connectivity index (χ3v) is 16.3. The lowest BCUT2D eigenvalue weighted by molar-refractivity contribution is 1.07. The summed E-state index contributed by atoms with van der Waals surface area (Å²) in [6.07, 6.45) is 0. The lowest BCUT2D eigenvalue weighted by Crippen LogP contribution is -2.02. The topological polar surface area (TPSA) is 43.6 Å². The first-order chi connectivity index (χ1) is 34.2. The Hall–Kier alpha value is -8.55. The molecule has 0 bridgehead atoms. The van der Waals surface area contributed by atoms with E-state index in [1.165, 1.54) is 89.2 Å². The van der Waals surface area contributed by atoms with E-state index in [9.17, 15) is 0 Å². The van der Waals surface area contributed by atoms with Crippen LogP contribution in [-0.4, -0.2) is 19.5 Å². The number of hydrogen-bond acceptors (Lipinski definition) is 5. The molecule has 0 unspecified atom stereocenters. The van der Waals surface area contributed by atoms with Crippen LogP contribution in [0, 0.1) is 0 Å². The Kier molecular flexibility index (Phi) is 8.37. The van der Waals surface area contributed by atoms with Crippen molar-refractivity contribution in [3.05, 3.63) is 218 Å². The number of hydrogen-bond donors (Lipinski definition) is 0. The molecule has 11 aromatic carbocycles. The highest BCUT2D eigenvalue weighted by molar-refractivity contribution is 7.26. The number of thiophene rings is 2. The maximum atomic E-state index is 5.41. The van der Waals surface area contributed by atoms with Crippen LogP contribution in [0.1, 0.15) is 0 Å². The van der Waals surface area contributed by atoms with Gasteiger partial charge in [-0.1, -0.05) is 158 Å². The van der Waals surface area contributed by atoms with Gasteiger partial charge in [0.1, 0.15) is 0 Å². The Bertz CT molecular complexity index is 4620. The van der Waals surface area contributed by atoms with Gasteiger partial charge in [-0.15, -0.1) is 22.7 Å². The molecule has 0 amide bonds. The Morgan fingerprint density at radius 3 is 1.49 bits per heavy atom. The zero-order valence-electron chi connectivity index (χ0n) is 36.9. The van der Waals surface area contributed by atoms with Crippen molar-refractivity contribution in [3.8, 4) is 51.0 Å². The largest absolute Gasteiger partial charge is 0.309 e. The minimum atomic E-state index is 0.620. The molecular weight excluding hydrogens is 877 g/mol. The summed E-state index contributed by atoms with van der Waals surface area (Å²) in [6.45, 7) is 0. The summed E-state index contributed by atoms with van der Waals surface area (Å²) in [4.78, 5) is 16.0. The van der Waals surface area contributed by atoms with Crippen LogP contribution in [0.15, 0.2) is 218 Å². The van der Waals surface area contributed by atoms with E-state index >= 15 is 0 Å². The molecule has 4 nitrogen and oxygen atoms in total. The molecule has 4 heterocycles. The molecule has 0 fully saturated rings. The van der Waals surface area contributed by atoms with Gasteiger partial charge in [0.05, 0.1) is 16.7 Å². The fourth-order valence-corrected chi connectivity index (χ4v) is 13.1. The van der Waals surface area contributed by atoms with Crippen molar-refractivity contribution in [1.82, 2.24) is 19.5 Å². The van der Waals surface area contributed by atoms with E-state index in [-0.39, 0.29) is 0 Å². The van der Waals surface area contributed by atoms with Crippen molar-refractivity contribution in [1.29, 1.82) is 0 Å². The first kappa shape index (κ1) is 38.5. The highest BCUT2D eigenvalue weighted by Gasteiger charge is 2.22. The number of benzene rings is 11. The average Bonchev–Trinajstić information content (AvgIpc) is 4.09. The van der Waals surface area contributed by atoms with Crippen LogP contribution in [0.25, 0.3) is 145 Å². The van der Waals surface area contributed by atoms with E-state index in [0.717, 1.165) is 38.8 Å². The SMILES string of the molecule is c1ccc(-c2nc(-c3ccc4c(c3)sc3ccccc34)nc(-c3cc(-n4c5ccccc5c5cc(-c6ccc7sc8ccccc8c7c6)ccc54)c4c5ccccc5c5ccccc5c4c3)n2)cc1. The monoisotopic (exact) mass is 912 g/mol. The van der Waals surface area contributed by atoms with Gasteiger partial charge < -0.3 is 4.57 Å². The standard InChI is InChI=1S/C63H36N4S2/c1-2-14-37(15-3-1)61-64-62(40-26-29-48-46-20-9-12-24-56(46)69-59(48)36-40)66-63(65-61)41-34-52-44-18-5-4-16-42(44)43-17-6-7-22-49(43)60(52)55(35-41)67-53-23-11-8-19-45(53)50-32-38(27-30-54(50)67)39-28-31-58-51(33-39)47-21-10-13-25-57(47)68-58/h1-36H. The number of rotatable bonds is 5. The molecule has 0 aliphatic heterocycles. The Morgan fingerprint density at radius 2 is 0.739 bits per heavy atom. The molecule has 320 valence electrons. The Balaban J connectivity index is 1.01. The molecule has 0 aliphatic carbocycles. The molecule has 0 N–H and O–H groups in total. The Morgan fingerprint density at radius 1 is 0.261 bits per heavy atom. The molecule has 15 rings (SSSR count). The van der Waals surface area contributed by atoms with E-state index in [0.29, 0.717) is 17.5 Å². The first-order valence-corrected chi connectivity index (χ1v) is 24.9. The second-order valence-corrected chi connectivity index (χ2v) is 20.1. The van der Waals surface area contributed by atoms with Gasteiger partial charge in [-0.05, 0) is 98.7 Å². The summed E-state index contributed by atoms with van der Waals surface area (Å²) >= 11 is 3.66. The van der Waals surface area contributed by atoms with Crippen molar-refractivity contribution >= 4 is 117 Å². The summed E-state index contributed by atoms with van der Waals surface area (Å²) in [5, 5.41) is 14.7. The molecular formula is C63H36N4S2. The highest BCUT2D eigenvalue weighted by atomic mass is 32.1. The fraction of sp³-hybridized carbons (Fsp3) is 0. The molecule has 0 atom stereocenters. The highest BCUT2D eigenvalue weighted by Crippen LogP contribution is 2.45. The minimum Gasteiger partial charge on any atom is -0.309 e. The molecule has 0 radical (unpaired) electrons. The molecule has 0 spiro atoms. The van der Waals surface area contributed by atoms with Crippen molar-refractivity contribution < 1.29 is 0 Å². The van der Waals surface area contributed by atoms with Crippen molar-refractivity contribution in [2.45, 2.75) is 0 Å². The number of nitrogens with zero attached hydrogens (tertiary/aromatic N) is 4. The lowest BCUT2D eigenvalue weighted by atomic mass is 9.91. The summed E-state index contributed by atoms with van der Waals surface area (Å²) in [5.41, 5.74) is 8.56. The average molecular weight is 913 g/mol. The summed E-state index contributed by atoms with van der Waals surface area (Å²) in [7, 11) is 0. The van der Waals surface area contributed by atoms with Crippen LogP contribution in [0.4, 0.5) is 0 Å². The van der Waals surface area contributed by atoms with Gasteiger partial charge in [0.2, 0.25) is 0 Å². The van der Waals surface area contributed by atoms with Gasteiger partial charge >= 0.3 is 0 Å². The number of fused-ring (bicyclic) bond motifs is 15. The third-order valence-electron chi connectivity index (χ3n) is 14.0. The van der Waals surface area contributed by atoms with Crippen LogP contribution >= 0.6 is 22.7 Å². The number of aromatic nitrogens is 4. The first-order valence-electron chi connectivity index (χ1n) is 23.2. The van der Waals surface area contributed by atoms with Crippen LogP contribution in [0.3, 0.4) is 0 Å². The smallest absolute Gasteiger partial charge is 0.164 e. The second-order valence-electron chi connectivity index (χ2n) is 17.9. The van der Waals surface area contributed by atoms with E-state index in [1.807, 2.05) is 29.5 Å². The lowest BCUT2D eigenvalue weighted by Gasteiger charge is -2.18. The predicted molar refractivity (Wildman–Crippen MR) is 294 cm³/mol. The van der Waals surface area contributed by atoms with Gasteiger partial charge in [0.15, 0.2) is 17.5 Å².